The lowest BCUT2D eigenvalue weighted by molar-refractivity contribution is 0.222. The molecule has 0 fully saturated rings. The smallest absolute Gasteiger partial charge is 0.230 e. The molecule has 2 rings (SSSR count). The summed E-state index contributed by atoms with van der Waals surface area (Å²) >= 11 is 0. The Morgan fingerprint density at radius 3 is 3.44 bits per heavy atom. The molecular weight excluding hydrogens is 116 g/mol. The molecule has 0 aliphatic carbocycles. The summed E-state index contributed by atoms with van der Waals surface area (Å²) in [4.78, 5) is 4.99. The number of hydrogen-bond donors (Lipinski definition) is 1. The van der Waals surface area contributed by atoms with Gasteiger partial charge in [0.1, 0.15) is 0 Å². The van der Waals surface area contributed by atoms with Crippen molar-refractivity contribution in [1.29, 1.82) is 0 Å². The van der Waals surface area contributed by atoms with Crippen LogP contribution in [-0.4, -0.2) is 4.57 Å². The maximum atomic E-state index is 4.99. The van der Waals surface area contributed by atoms with Crippen LogP contribution in [0.3, 0.4) is 0 Å². The first-order valence-electron chi connectivity index (χ1n) is 2.73. The van der Waals surface area contributed by atoms with E-state index < -0.39 is 0 Å². The Morgan fingerprint density at radius 2 is 2.56 bits per heavy atom. The van der Waals surface area contributed by atoms with Gasteiger partial charge in [-0.2, -0.15) is 0 Å². The van der Waals surface area contributed by atoms with Crippen molar-refractivity contribution in [2.24, 2.45) is 0 Å². The molecule has 0 spiro atoms. The van der Waals surface area contributed by atoms with Crippen LogP contribution in [-0.2, 0) is 0 Å². The van der Waals surface area contributed by atoms with Crippen LogP contribution in [0.1, 0.15) is 0 Å². The van der Waals surface area contributed by atoms with E-state index in [-0.39, 0.29) is 0 Å². The lowest BCUT2D eigenvalue weighted by atomic mass is 10.6. The molecule has 3 heteroatoms. The Labute approximate surface area is 52.5 Å². The van der Waals surface area contributed by atoms with Crippen molar-refractivity contribution in [1.82, 2.24) is 10.0 Å². The van der Waals surface area contributed by atoms with Crippen molar-refractivity contribution >= 4 is 6.20 Å². The maximum Gasteiger partial charge on any atom is 0.230 e. The van der Waals surface area contributed by atoms with Gasteiger partial charge in [-0.15, -0.1) is 0 Å². The molecule has 0 aromatic carbocycles. The molecule has 1 aromatic rings. The largest absolute Gasteiger partial charge is 0.364 e. The minimum absolute atomic E-state index is 0.817. The van der Waals surface area contributed by atoms with Gasteiger partial charge in [-0.05, 0) is 6.07 Å². The van der Waals surface area contributed by atoms with E-state index in [2.05, 4.69) is 5.48 Å². The molecule has 1 aliphatic heterocycles. The Bertz CT molecular complexity index is 239. The maximum absolute atomic E-state index is 4.99. The highest BCUT2D eigenvalue weighted by molar-refractivity contribution is 5.32. The van der Waals surface area contributed by atoms with Crippen LogP contribution in [0.25, 0.3) is 6.20 Å². The number of aromatic nitrogens is 1. The van der Waals surface area contributed by atoms with Crippen LogP contribution < -0.4 is 10.3 Å². The molecule has 1 aliphatic rings. The van der Waals surface area contributed by atoms with Gasteiger partial charge in [-0.3, -0.25) is 4.57 Å². The average molecular weight is 122 g/mol. The summed E-state index contributed by atoms with van der Waals surface area (Å²) in [5.74, 6) is 0.817. The fourth-order valence-electron chi connectivity index (χ4n) is 0.793. The first-order chi connectivity index (χ1) is 4.47. The molecule has 46 valence electrons. The van der Waals surface area contributed by atoms with Crippen molar-refractivity contribution < 1.29 is 4.84 Å². The second kappa shape index (κ2) is 1.55. The highest BCUT2D eigenvalue weighted by Crippen LogP contribution is 2.12. The van der Waals surface area contributed by atoms with Gasteiger partial charge in [0.15, 0.2) is 0 Å². The van der Waals surface area contributed by atoms with Crippen molar-refractivity contribution in [3.05, 3.63) is 24.5 Å². The number of nitrogens with one attached hydrogen (secondary N) is 1. The molecular formula is C6H6N2O. The van der Waals surface area contributed by atoms with Gasteiger partial charge in [0.25, 0.3) is 0 Å². The quantitative estimate of drug-likeness (QED) is 0.551. The van der Waals surface area contributed by atoms with Crippen LogP contribution in [0.5, 0.6) is 5.88 Å². The zero-order chi connectivity index (χ0) is 6.10. The molecule has 9 heavy (non-hydrogen) atoms. The van der Waals surface area contributed by atoms with Crippen molar-refractivity contribution in [2.45, 2.75) is 0 Å². The third-order valence-electron chi connectivity index (χ3n) is 1.21. The van der Waals surface area contributed by atoms with E-state index in [4.69, 9.17) is 4.84 Å². The molecule has 3 nitrogen and oxygen atoms in total. The molecule has 0 atom stereocenters. The molecule has 0 saturated heterocycles. The second-order valence-electron chi connectivity index (χ2n) is 1.79. The first-order valence-corrected chi connectivity index (χ1v) is 2.73. The summed E-state index contributed by atoms with van der Waals surface area (Å²) in [7, 11) is 0. The number of fused-ring (bicyclic) bond motifs is 1. The number of hydrogen-bond acceptors (Lipinski definition) is 2. The lowest BCUT2D eigenvalue weighted by Crippen LogP contribution is -2.15. The number of rotatable bonds is 0. The Morgan fingerprint density at radius 1 is 1.56 bits per heavy atom. The normalized spacial score (nSPS) is 13.8. The van der Waals surface area contributed by atoms with Gasteiger partial charge in [0, 0.05) is 18.5 Å². The van der Waals surface area contributed by atoms with Gasteiger partial charge in [0.05, 0.1) is 6.20 Å². The highest BCUT2D eigenvalue weighted by Gasteiger charge is 2.00. The standard InChI is InChI=1S/C6H6N2O/c1-2-6-8(4-1)5-3-7-9-6/h1-5,7H. The van der Waals surface area contributed by atoms with Crippen LogP contribution >= 0.6 is 0 Å². The van der Waals surface area contributed by atoms with Crippen LogP contribution in [0.4, 0.5) is 0 Å². The lowest BCUT2D eigenvalue weighted by Gasteiger charge is -2.09. The van der Waals surface area contributed by atoms with Gasteiger partial charge < -0.3 is 4.84 Å². The monoisotopic (exact) mass is 122 g/mol. The summed E-state index contributed by atoms with van der Waals surface area (Å²) in [5, 5.41) is 0. The predicted octanol–water partition coefficient (Wildman–Crippen LogP) is 0.813. The number of hydroxylamine groups is 1. The van der Waals surface area contributed by atoms with Crippen LogP contribution in [0.15, 0.2) is 24.5 Å². The molecule has 0 radical (unpaired) electrons. The Hall–Kier alpha value is -1.38. The van der Waals surface area contributed by atoms with E-state index >= 15 is 0 Å². The molecule has 0 saturated carbocycles. The van der Waals surface area contributed by atoms with E-state index in [0.717, 1.165) is 5.88 Å². The summed E-state index contributed by atoms with van der Waals surface area (Å²) in [6.07, 6.45) is 5.54. The summed E-state index contributed by atoms with van der Waals surface area (Å²) in [6.45, 7) is 0. The molecule has 0 bridgehead atoms. The fraction of sp³-hybridized carbons (Fsp3) is 0. The zero-order valence-electron chi connectivity index (χ0n) is 4.74. The molecule has 1 N–H and O–H groups in total. The third kappa shape index (κ3) is 0.579. The topological polar surface area (TPSA) is 26.2 Å². The van der Waals surface area contributed by atoms with Gasteiger partial charge in [-0.1, -0.05) is 0 Å². The Balaban J connectivity index is 2.53. The minimum atomic E-state index is 0.817. The highest BCUT2D eigenvalue weighted by atomic mass is 16.7. The predicted molar refractivity (Wildman–Crippen MR) is 33.5 cm³/mol. The van der Waals surface area contributed by atoms with E-state index in [1.54, 1.807) is 6.20 Å². The van der Waals surface area contributed by atoms with Gasteiger partial charge >= 0.3 is 0 Å². The molecule has 0 amide bonds. The Kier molecular flexibility index (Phi) is 0.773. The van der Waals surface area contributed by atoms with E-state index in [9.17, 15) is 0 Å². The first kappa shape index (κ1) is 4.49. The van der Waals surface area contributed by atoms with Gasteiger partial charge in [0.2, 0.25) is 5.88 Å². The average Bonchev–Trinajstić information content (AvgIpc) is 2.33. The second-order valence-corrected chi connectivity index (χ2v) is 1.79. The molecule has 2 heterocycles. The van der Waals surface area contributed by atoms with Gasteiger partial charge in [-0.25, -0.2) is 5.48 Å². The van der Waals surface area contributed by atoms with Crippen molar-refractivity contribution in [3.63, 3.8) is 0 Å². The third-order valence-corrected chi connectivity index (χ3v) is 1.21. The summed E-state index contributed by atoms with van der Waals surface area (Å²) < 4.78 is 1.89. The van der Waals surface area contributed by atoms with E-state index in [1.165, 1.54) is 0 Å². The minimum Gasteiger partial charge on any atom is -0.364 e. The van der Waals surface area contributed by atoms with Crippen molar-refractivity contribution in [2.75, 3.05) is 0 Å². The molecule has 0 unspecified atom stereocenters. The van der Waals surface area contributed by atoms with E-state index in [1.807, 2.05) is 29.1 Å². The number of nitrogens with zero attached hydrogens (tertiary/aromatic N) is 1. The molecule has 1 aromatic heterocycles. The SMILES string of the molecule is C1=Cn2cccc2ON1. The van der Waals surface area contributed by atoms with E-state index in [0.29, 0.717) is 0 Å². The fourth-order valence-corrected chi connectivity index (χ4v) is 0.793. The van der Waals surface area contributed by atoms with Crippen molar-refractivity contribution in [3.8, 4) is 5.88 Å². The summed E-state index contributed by atoms with van der Waals surface area (Å²) in [5.41, 5.74) is 2.63. The van der Waals surface area contributed by atoms with Crippen LogP contribution in [0.2, 0.25) is 0 Å². The summed E-state index contributed by atoms with van der Waals surface area (Å²) in [6, 6.07) is 3.81. The van der Waals surface area contributed by atoms with Crippen LogP contribution in [0, 0.1) is 0 Å². The zero-order valence-corrected chi connectivity index (χ0v) is 4.74.